The summed E-state index contributed by atoms with van der Waals surface area (Å²) in [7, 11) is 0. The molecule has 2 aromatic carbocycles. The van der Waals surface area contributed by atoms with Crippen LogP contribution in [-0.4, -0.2) is 4.98 Å². The zero-order chi connectivity index (χ0) is 12.4. The molecule has 1 aromatic heterocycles. The van der Waals surface area contributed by atoms with Crippen molar-refractivity contribution in [1.82, 2.24) is 4.98 Å². The summed E-state index contributed by atoms with van der Waals surface area (Å²) in [4.78, 5) is 4.44. The Morgan fingerprint density at radius 3 is 2.67 bits per heavy atom. The molecule has 0 saturated heterocycles. The van der Waals surface area contributed by atoms with E-state index >= 15 is 0 Å². The number of ether oxygens (including phenoxy) is 1. The summed E-state index contributed by atoms with van der Waals surface area (Å²) in [6.45, 7) is 0.459. The minimum Gasteiger partial charge on any atom is -0.431 e. The van der Waals surface area contributed by atoms with Gasteiger partial charge in [-0.3, -0.25) is 0 Å². The van der Waals surface area contributed by atoms with Gasteiger partial charge < -0.3 is 10.5 Å². The van der Waals surface area contributed by atoms with E-state index in [1.807, 2.05) is 48.5 Å². The molecule has 0 radical (unpaired) electrons. The van der Waals surface area contributed by atoms with Gasteiger partial charge in [-0.2, -0.15) is 0 Å². The molecule has 0 bridgehead atoms. The molecule has 3 rings (SSSR count). The van der Waals surface area contributed by atoms with Gasteiger partial charge >= 0.3 is 0 Å². The summed E-state index contributed by atoms with van der Waals surface area (Å²) in [5, 5.41) is 0.650. The van der Waals surface area contributed by atoms with Crippen molar-refractivity contribution in [2.24, 2.45) is 5.73 Å². The number of fused-ring (bicyclic) bond motifs is 1. The van der Waals surface area contributed by atoms with Gasteiger partial charge in [0.2, 0.25) is 0 Å². The number of nitrogens with two attached hydrogens (primary N) is 1. The SMILES string of the molecule is NCc1ccccc1Oc1nc2ccccc2s1. The van der Waals surface area contributed by atoms with E-state index in [1.165, 1.54) is 11.3 Å². The predicted molar refractivity (Wildman–Crippen MR) is 74.0 cm³/mol. The van der Waals surface area contributed by atoms with Crippen molar-refractivity contribution in [3.63, 3.8) is 0 Å². The monoisotopic (exact) mass is 256 g/mol. The van der Waals surface area contributed by atoms with Crippen LogP contribution in [-0.2, 0) is 6.54 Å². The lowest BCUT2D eigenvalue weighted by atomic mass is 10.2. The molecule has 90 valence electrons. The number of thiazole rings is 1. The van der Waals surface area contributed by atoms with Crippen LogP contribution in [0.4, 0.5) is 0 Å². The molecule has 18 heavy (non-hydrogen) atoms. The number of nitrogens with zero attached hydrogens (tertiary/aromatic N) is 1. The van der Waals surface area contributed by atoms with Gasteiger partial charge in [0.25, 0.3) is 5.19 Å². The molecule has 0 aliphatic heterocycles. The summed E-state index contributed by atoms with van der Waals surface area (Å²) in [6, 6.07) is 15.7. The maximum absolute atomic E-state index is 5.81. The second-order valence-electron chi connectivity index (χ2n) is 3.86. The van der Waals surface area contributed by atoms with Crippen LogP contribution in [0.15, 0.2) is 48.5 Å². The van der Waals surface area contributed by atoms with Crippen molar-refractivity contribution >= 4 is 21.6 Å². The van der Waals surface area contributed by atoms with E-state index < -0.39 is 0 Å². The third-order valence-corrected chi connectivity index (χ3v) is 3.58. The molecular weight excluding hydrogens is 244 g/mol. The Morgan fingerprint density at radius 2 is 1.83 bits per heavy atom. The van der Waals surface area contributed by atoms with Gasteiger partial charge in [0.1, 0.15) is 5.75 Å². The van der Waals surface area contributed by atoms with Gasteiger partial charge in [-0.05, 0) is 18.2 Å². The molecule has 0 saturated carbocycles. The lowest BCUT2D eigenvalue weighted by Crippen LogP contribution is -1.98. The maximum atomic E-state index is 5.81. The topological polar surface area (TPSA) is 48.1 Å². The Balaban J connectivity index is 1.96. The number of benzene rings is 2. The van der Waals surface area contributed by atoms with Crippen LogP contribution in [0.2, 0.25) is 0 Å². The second-order valence-corrected chi connectivity index (χ2v) is 4.85. The van der Waals surface area contributed by atoms with Crippen molar-refractivity contribution in [1.29, 1.82) is 0 Å². The van der Waals surface area contributed by atoms with E-state index in [0.29, 0.717) is 11.7 Å². The summed E-state index contributed by atoms with van der Waals surface area (Å²) in [5.74, 6) is 0.777. The Kier molecular flexibility index (Phi) is 2.96. The van der Waals surface area contributed by atoms with Crippen LogP contribution in [0.25, 0.3) is 10.2 Å². The molecule has 0 aliphatic rings. The summed E-state index contributed by atoms with van der Waals surface area (Å²) < 4.78 is 6.94. The molecule has 0 unspecified atom stereocenters. The van der Waals surface area contributed by atoms with E-state index in [9.17, 15) is 0 Å². The quantitative estimate of drug-likeness (QED) is 0.779. The van der Waals surface area contributed by atoms with Gasteiger partial charge in [-0.15, -0.1) is 0 Å². The highest BCUT2D eigenvalue weighted by atomic mass is 32.1. The molecule has 0 spiro atoms. The van der Waals surface area contributed by atoms with Crippen molar-refractivity contribution in [3.8, 4) is 10.9 Å². The molecular formula is C14H12N2OS. The van der Waals surface area contributed by atoms with Gasteiger partial charge in [0.15, 0.2) is 0 Å². The highest BCUT2D eigenvalue weighted by Gasteiger charge is 2.07. The molecule has 2 N–H and O–H groups in total. The van der Waals surface area contributed by atoms with Crippen LogP contribution in [0.1, 0.15) is 5.56 Å². The normalized spacial score (nSPS) is 10.7. The minimum atomic E-state index is 0.459. The van der Waals surface area contributed by atoms with E-state index in [4.69, 9.17) is 10.5 Å². The standard InChI is InChI=1S/C14H12N2OS/c15-9-10-5-1-3-7-12(10)17-14-16-11-6-2-4-8-13(11)18-14/h1-8H,9,15H2. The fourth-order valence-electron chi connectivity index (χ4n) is 1.76. The van der Waals surface area contributed by atoms with Crippen LogP contribution < -0.4 is 10.5 Å². The Morgan fingerprint density at radius 1 is 1.06 bits per heavy atom. The van der Waals surface area contributed by atoms with Crippen molar-refractivity contribution in [2.45, 2.75) is 6.54 Å². The molecule has 0 fully saturated rings. The number of aromatic nitrogens is 1. The molecule has 0 atom stereocenters. The zero-order valence-corrected chi connectivity index (χ0v) is 10.5. The minimum absolute atomic E-state index is 0.459. The first kappa shape index (κ1) is 11.2. The molecule has 4 heteroatoms. The fourth-order valence-corrected chi connectivity index (χ4v) is 2.59. The summed E-state index contributed by atoms with van der Waals surface area (Å²) in [6.07, 6.45) is 0. The van der Waals surface area contributed by atoms with E-state index in [-0.39, 0.29) is 0 Å². The van der Waals surface area contributed by atoms with Crippen molar-refractivity contribution in [3.05, 3.63) is 54.1 Å². The third-order valence-electron chi connectivity index (χ3n) is 2.66. The molecule has 3 nitrogen and oxygen atoms in total. The number of rotatable bonds is 3. The van der Waals surface area contributed by atoms with E-state index in [0.717, 1.165) is 21.5 Å². The predicted octanol–water partition coefficient (Wildman–Crippen LogP) is 3.55. The van der Waals surface area contributed by atoms with Crippen molar-refractivity contribution in [2.75, 3.05) is 0 Å². The summed E-state index contributed by atoms with van der Waals surface area (Å²) >= 11 is 1.54. The van der Waals surface area contributed by atoms with Gasteiger partial charge in [-0.25, -0.2) is 4.98 Å². The second kappa shape index (κ2) is 4.76. The lowest BCUT2D eigenvalue weighted by Gasteiger charge is -2.06. The van der Waals surface area contributed by atoms with Gasteiger partial charge in [-0.1, -0.05) is 41.7 Å². The number of para-hydroxylation sites is 2. The molecule has 3 aromatic rings. The Bertz CT molecular complexity index is 645. The third kappa shape index (κ3) is 2.08. The van der Waals surface area contributed by atoms with Crippen molar-refractivity contribution < 1.29 is 4.74 Å². The first-order chi connectivity index (χ1) is 8.86. The smallest absolute Gasteiger partial charge is 0.279 e. The largest absolute Gasteiger partial charge is 0.431 e. The number of hydrogen-bond donors (Lipinski definition) is 1. The van der Waals surface area contributed by atoms with Crippen LogP contribution in [0.3, 0.4) is 0 Å². The lowest BCUT2D eigenvalue weighted by molar-refractivity contribution is 0.474. The average Bonchev–Trinajstić information content (AvgIpc) is 2.81. The Hall–Kier alpha value is -1.91. The first-order valence-electron chi connectivity index (χ1n) is 5.68. The van der Waals surface area contributed by atoms with Crippen LogP contribution >= 0.6 is 11.3 Å². The molecule has 0 amide bonds. The highest BCUT2D eigenvalue weighted by molar-refractivity contribution is 7.20. The fraction of sp³-hybridized carbons (Fsp3) is 0.0714. The van der Waals surface area contributed by atoms with Gasteiger partial charge in [0, 0.05) is 12.1 Å². The first-order valence-corrected chi connectivity index (χ1v) is 6.50. The number of hydrogen-bond acceptors (Lipinski definition) is 4. The molecule has 1 heterocycles. The Labute approximate surface area is 109 Å². The highest BCUT2D eigenvalue weighted by Crippen LogP contribution is 2.32. The average molecular weight is 256 g/mol. The van der Waals surface area contributed by atoms with Crippen LogP contribution in [0.5, 0.6) is 10.9 Å². The molecule has 0 aliphatic carbocycles. The zero-order valence-electron chi connectivity index (χ0n) is 9.67. The van der Waals surface area contributed by atoms with E-state index in [2.05, 4.69) is 4.98 Å². The van der Waals surface area contributed by atoms with Gasteiger partial charge in [0.05, 0.1) is 10.2 Å². The van der Waals surface area contributed by atoms with E-state index in [1.54, 1.807) is 0 Å². The maximum Gasteiger partial charge on any atom is 0.279 e. The van der Waals surface area contributed by atoms with Crippen LogP contribution in [0, 0.1) is 0 Å². The summed E-state index contributed by atoms with van der Waals surface area (Å²) in [5.41, 5.74) is 7.63.